The number of aliphatic hydroxyl groups excluding tert-OH is 1. The molecular weight excluding hydrogens is 224 g/mol. The van der Waals surface area contributed by atoms with Crippen LogP contribution < -0.4 is 11.1 Å². The van der Waals surface area contributed by atoms with E-state index in [1.807, 2.05) is 0 Å². The van der Waals surface area contributed by atoms with Crippen molar-refractivity contribution in [3.8, 4) is 0 Å². The van der Waals surface area contributed by atoms with Crippen molar-refractivity contribution >= 4 is 0 Å². The average Bonchev–Trinajstić information content (AvgIpc) is 2.72. The summed E-state index contributed by atoms with van der Waals surface area (Å²) in [6, 6.07) is 8.98. The molecule has 0 amide bonds. The van der Waals surface area contributed by atoms with Gasteiger partial charge in [0.15, 0.2) is 0 Å². The molecule has 0 spiro atoms. The monoisotopic (exact) mass is 248 g/mol. The quantitative estimate of drug-likeness (QED) is 0.723. The van der Waals surface area contributed by atoms with Crippen molar-refractivity contribution < 1.29 is 5.11 Å². The van der Waals surface area contributed by atoms with Crippen molar-refractivity contribution in [2.24, 2.45) is 11.7 Å². The number of rotatable bonds is 6. The van der Waals surface area contributed by atoms with Crippen LogP contribution in [0.3, 0.4) is 0 Å². The van der Waals surface area contributed by atoms with Crippen molar-refractivity contribution in [2.75, 3.05) is 13.2 Å². The highest BCUT2D eigenvalue weighted by Gasteiger charge is 2.27. The van der Waals surface area contributed by atoms with Crippen LogP contribution >= 0.6 is 0 Å². The van der Waals surface area contributed by atoms with Gasteiger partial charge in [0.05, 0.1) is 0 Å². The first kappa shape index (κ1) is 13.5. The summed E-state index contributed by atoms with van der Waals surface area (Å²) in [5.74, 6) is 0.555. The second kappa shape index (κ2) is 6.32. The van der Waals surface area contributed by atoms with E-state index in [1.165, 1.54) is 11.1 Å². The highest BCUT2D eigenvalue weighted by molar-refractivity contribution is 5.37. The first-order valence-corrected chi connectivity index (χ1v) is 6.94. The molecule has 100 valence electrons. The summed E-state index contributed by atoms with van der Waals surface area (Å²) in [6.45, 7) is 3.42. The smallest absolute Gasteiger partial charge is 0.0434 e. The third-order valence-electron chi connectivity index (χ3n) is 4.03. The largest absolute Gasteiger partial charge is 0.396 e. The van der Waals surface area contributed by atoms with E-state index in [1.54, 1.807) is 0 Å². The van der Waals surface area contributed by atoms with Crippen LogP contribution in [0.5, 0.6) is 0 Å². The Balaban J connectivity index is 1.95. The van der Waals surface area contributed by atoms with E-state index in [0.717, 1.165) is 25.8 Å². The fourth-order valence-electron chi connectivity index (χ4n) is 2.81. The van der Waals surface area contributed by atoms with E-state index in [4.69, 9.17) is 10.8 Å². The van der Waals surface area contributed by atoms with Crippen LogP contribution in [-0.4, -0.2) is 18.3 Å². The fourth-order valence-corrected chi connectivity index (χ4v) is 2.81. The molecule has 3 heteroatoms. The molecule has 3 atom stereocenters. The lowest BCUT2D eigenvalue weighted by Crippen LogP contribution is -2.27. The van der Waals surface area contributed by atoms with E-state index < -0.39 is 0 Å². The van der Waals surface area contributed by atoms with Crippen molar-refractivity contribution in [3.63, 3.8) is 0 Å². The lowest BCUT2D eigenvalue weighted by molar-refractivity contribution is 0.248. The Labute approximate surface area is 109 Å². The molecule has 2 rings (SSSR count). The molecule has 0 bridgehead atoms. The van der Waals surface area contributed by atoms with Crippen molar-refractivity contribution in [2.45, 2.75) is 38.3 Å². The van der Waals surface area contributed by atoms with Gasteiger partial charge in [-0.3, -0.25) is 0 Å². The number of hydrogen-bond donors (Lipinski definition) is 3. The van der Waals surface area contributed by atoms with Gasteiger partial charge in [0.2, 0.25) is 0 Å². The maximum Gasteiger partial charge on any atom is 0.0434 e. The zero-order valence-electron chi connectivity index (χ0n) is 11.1. The average molecular weight is 248 g/mol. The zero-order valence-corrected chi connectivity index (χ0v) is 11.1. The van der Waals surface area contributed by atoms with Gasteiger partial charge in [0, 0.05) is 18.7 Å². The summed E-state index contributed by atoms with van der Waals surface area (Å²) >= 11 is 0. The molecule has 1 aliphatic rings. The third-order valence-corrected chi connectivity index (χ3v) is 4.03. The highest BCUT2D eigenvalue weighted by atomic mass is 16.3. The Bertz CT molecular complexity index is 381. The summed E-state index contributed by atoms with van der Waals surface area (Å²) in [5.41, 5.74) is 8.79. The van der Waals surface area contributed by atoms with Crippen molar-refractivity contribution in [1.82, 2.24) is 5.32 Å². The summed E-state index contributed by atoms with van der Waals surface area (Å²) < 4.78 is 0. The van der Waals surface area contributed by atoms with Crippen molar-refractivity contribution in [1.29, 1.82) is 0 Å². The molecule has 1 aromatic carbocycles. The molecule has 0 aliphatic heterocycles. The molecule has 0 heterocycles. The van der Waals surface area contributed by atoms with Crippen LogP contribution in [-0.2, 0) is 0 Å². The minimum Gasteiger partial charge on any atom is -0.396 e. The van der Waals surface area contributed by atoms with Gasteiger partial charge in [-0.15, -0.1) is 0 Å². The van der Waals surface area contributed by atoms with E-state index in [9.17, 15) is 0 Å². The number of hydrogen-bond acceptors (Lipinski definition) is 3. The maximum absolute atomic E-state index is 9.01. The van der Waals surface area contributed by atoms with Gasteiger partial charge >= 0.3 is 0 Å². The topological polar surface area (TPSA) is 58.3 Å². The number of nitrogens with two attached hydrogens (primary N) is 1. The standard InChI is InChI=1S/C15H24N2O/c1-2-11(7-8-18)10-17-15-9-14(16)12-5-3-4-6-13(12)15/h3-6,11,14-15,17-18H,2,7-10,16H2,1H3. The van der Waals surface area contributed by atoms with Crippen molar-refractivity contribution in [3.05, 3.63) is 35.4 Å². The summed E-state index contributed by atoms with van der Waals surface area (Å²) in [4.78, 5) is 0. The van der Waals surface area contributed by atoms with Gasteiger partial charge in [0.1, 0.15) is 0 Å². The van der Waals surface area contributed by atoms with E-state index in [0.29, 0.717) is 12.0 Å². The molecule has 3 nitrogen and oxygen atoms in total. The molecule has 1 aromatic rings. The molecule has 0 saturated heterocycles. The Morgan fingerprint density at radius 2 is 2.11 bits per heavy atom. The summed E-state index contributed by atoms with van der Waals surface area (Å²) in [5, 5.41) is 12.6. The summed E-state index contributed by atoms with van der Waals surface area (Å²) in [7, 11) is 0. The van der Waals surface area contributed by atoms with Crippen LogP contribution in [0.4, 0.5) is 0 Å². The third kappa shape index (κ3) is 2.91. The molecule has 1 aliphatic carbocycles. The Morgan fingerprint density at radius 1 is 1.39 bits per heavy atom. The molecule has 4 N–H and O–H groups in total. The molecular formula is C15H24N2O. The highest BCUT2D eigenvalue weighted by Crippen LogP contribution is 2.36. The number of aliphatic hydroxyl groups is 1. The minimum absolute atomic E-state index is 0.164. The number of fused-ring (bicyclic) bond motifs is 1. The lowest BCUT2D eigenvalue weighted by Gasteiger charge is -2.19. The predicted octanol–water partition coefficient (Wildman–Crippen LogP) is 2.13. The predicted molar refractivity (Wildman–Crippen MR) is 74.2 cm³/mol. The molecule has 3 unspecified atom stereocenters. The normalized spacial score (nSPS) is 23.9. The molecule has 0 radical (unpaired) electrons. The second-order valence-corrected chi connectivity index (χ2v) is 5.22. The lowest BCUT2D eigenvalue weighted by atomic mass is 10.0. The van der Waals surface area contributed by atoms with Gasteiger partial charge in [-0.25, -0.2) is 0 Å². The second-order valence-electron chi connectivity index (χ2n) is 5.22. The van der Waals surface area contributed by atoms with Gasteiger partial charge < -0.3 is 16.2 Å². The summed E-state index contributed by atoms with van der Waals surface area (Å²) in [6.07, 6.45) is 2.97. The van der Waals surface area contributed by atoms with Crippen LogP contribution in [0, 0.1) is 5.92 Å². The van der Waals surface area contributed by atoms with Gasteiger partial charge in [-0.05, 0) is 36.4 Å². The van der Waals surface area contributed by atoms with Crippen LogP contribution in [0.2, 0.25) is 0 Å². The number of benzene rings is 1. The first-order chi connectivity index (χ1) is 8.76. The fraction of sp³-hybridized carbons (Fsp3) is 0.600. The molecule has 18 heavy (non-hydrogen) atoms. The van der Waals surface area contributed by atoms with Crippen LogP contribution in [0.15, 0.2) is 24.3 Å². The van der Waals surface area contributed by atoms with Gasteiger partial charge in [-0.2, -0.15) is 0 Å². The zero-order chi connectivity index (χ0) is 13.0. The Hall–Kier alpha value is -0.900. The Morgan fingerprint density at radius 3 is 2.78 bits per heavy atom. The van der Waals surface area contributed by atoms with E-state index in [2.05, 4.69) is 36.5 Å². The first-order valence-electron chi connectivity index (χ1n) is 6.94. The molecule has 0 fully saturated rings. The molecule has 0 saturated carbocycles. The van der Waals surface area contributed by atoms with E-state index in [-0.39, 0.29) is 12.6 Å². The maximum atomic E-state index is 9.01. The SMILES string of the molecule is CCC(CCO)CNC1CC(N)c2ccccc21. The van der Waals surface area contributed by atoms with Gasteiger partial charge in [0.25, 0.3) is 0 Å². The molecule has 0 aromatic heterocycles. The number of nitrogens with one attached hydrogen (secondary N) is 1. The van der Waals surface area contributed by atoms with Gasteiger partial charge in [-0.1, -0.05) is 37.6 Å². The minimum atomic E-state index is 0.164. The van der Waals surface area contributed by atoms with Crippen LogP contribution in [0.25, 0.3) is 0 Å². The van der Waals surface area contributed by atoms with E-state index >= 15 is 0 Å². The Kier molecular flexibility index (Phi) is 4.75. The van der Waals surface area contributed by atoms with Crippen LogP contribution in [0.1, 0.15) is 49.4 Å².